The fourth-order valence-electron chi connectivity index (χ4n) is 2.67. The molecular weight excluding hydrogens is 393 g/mol. The van der Waals surface area contributed by atoms with E-state index in [4.69, 9.17) is 4.84 Å². The van der Waals surface area contributed by atoms with Gasteiger partial charge in [0, 0.05) is 11.8 Å². The number of hydrogen-bond donors (Lipinski definition) is 1. The van der Waals surface area contributed by atoms with Crippen LogP contribution in [0, 0.1) is 5.13 Å². The summed E-state index contributed by atoms with van der Waals surface area (Å²) in [7, 11) is -3.36. The van der Waals surface area contributed by atoms with E-state index in [0.29, 0.717) is 16.9 Å². The van der Waals surface area contributed by atoms with E-state index in [2.05, 4.69) is 15.5 Å². The first-order valence-electron chi connectivity index (χ1n) is 8.30. The van der Waals surface area contributed by atoms with E-state index < -0.39 is 20.9 Å². The minimum Gasteiger partial charge on any atom is -0.392 e. The molecular formula is C17H18FN3O4S2. The van der Waals surface area contributed by atoms with Crippen molar-refractivity contribution < 1.29 is 22.4 Å². The molecule has 2 aromatic rings. The van der Waals surface area contributed by atoms with Crippen molar-refractivity contribution in [3.8, 4) is 0 Å². The summed E-state index contributed by atoms with van der Waals surface area (Å²) >= 11 is 0.693. The molecule has 0 atom stereocenters. The Kier molecular flexibility index (Phi) is 5.85. The van der Waals surface area contributed by atoms with E-state index in [1.54, 1.807) is 0 Å². The van der Waals surface area contributed by atoms with Crippen molar-refractivity contribution >= 4 is 37.9 Å². The Morgan fingerprint density at radius 1 is 1.30 bits per heavy atom. The zero-order valence-corrected chi connectivity index (χ0v) is 16.1. The molecule has 27 heavy (non-hydrogen) atoms. The summed E-state index contributed by atoms with van der Waals surface area (Å²) < 4.78 is 36.3. The van der Waals surface area contributed by atoms with Crippen LogP contribution >= 0.6 is 11.3 Å². The maximum absolute atomic E-state index is 13.1. The topological polar surface area (TPSA) is 97.7 Å². The number of thiazole rings is 1. The smallest absolute Gasteiger partial charge is 0.280 e. The van der Waals surface area contributed by atoms with Crippen LogP contribution in [0.3, 0.4) is 0 Å². The lowest BCUT2D eigenvalue weighted by atomic mass is 10.1. The van der Waals surface area contributed by atoms with Gasteiger partial charge < -0.3 is 4.84 Å². The lowest BCUT2D eigenvalue weighted by molar-refractivity contribution is -0.110. The number of nitrogens with one attached hydrogen (secondary N) is 1. The van der Waals surface area contributed by atoms with Crippen LogP contribution in [0.4, 0.5) is 9.52 Å². The van der Waals surface area contributed by atoms with Crippen molar-refractivity contribution in [2.24, 2.45) is 5.16 Å². The first-order chi connectivity index (χ1) is 12.8. The normalized spacial score (nSPS) is 15.7. The van der Waals surface area contributed by atoms with Crippen molar-refractivity contribution in [3.05, 3.63) is 41.2 Å². The van der Waals surface area contributed by atoms with Crippen LogP contribution in [-0.2, 0) is 19.5 Å². The summed E-state index contributed by atoms with van der Waals surface area (Å²) in [5.74, 6) is -0.616. The fourth-order valence-corrected chi connectivity index (χ4v) is 3.84. The van der Waals surface area contributed by atoms with Crippen LogP contribution in [0.2, 0.25) is 0 Å². The molecule has 0 aliphatic heterocycles. The molecule has 7 nitrogen and oxygen atoms in total. The van der Waals surface area contributed by atoms with Crippen LogP contribution in [0.1, 0.15) is 31.2 Å². The molecule has 10 heteroatoms. The number of nitrogens with zero attached hydrogens (tertiary/aromatic N) is 2. The zero-order chi connectivity index (χ0) is 19.4. The predicted octanol–water partition coefficient (Wildman–Crippen LogP) is 2.99. The first-order valence-corrected chi connectivity index (χ1v) is 11.0. The first kappa shape index (κ1) is 19.4. The number of benzene rings is 1. The minimum atomic E-state index is -3.36. The summed E-state index contributed by atoms with van der Waals surface area (Å²) in [5, 5.41) is 6.06. The van der Waals surface area contributed by atoms with Gasteiger partial charge in [-0.25, -0.2) is 13.4 Å². The second-order valence-electron chi connectivity index (χ2n) is 6.17. The largest absolute Gasteiger partial charge is 0.392 e. The number of amides is 1. The van der Waals surface area contributed by atoms with Crippen LogP contribution in [-0.4, -0.2) is 37.4 Å². The number of anilines is 1. The third-order valence-electron chi connectivity index (χ3n) is 4.06. The second kappa shape index (κ2) is 8.13. The SMILES string of the molecule is CS(=O)(=O)c1ccc(C(=NOC2CCCC2)C(=O)Nc2ncc(F)s2)cc1. The Morgan fingerprint density at radius 3 is 2.52 bits per heavy atom. The van der Waals surface area contributed by atoms with Crippen LogP contribution in [0.15, 0.2) is 40.5 Å². The molecule has 1 aliphatic rings. The van der Waals surface area contributed by atoms with Gasteiger partial charge in [-0.3, -0.25) is 10.1 Å². The van der Waals surface area contributed by atoms with Gasteiger partial charge in [0.25, 0.3) is 5.91 Å². The molecule has 3 rings (SSSR count). The molecule has 1 aliphatic carbocycles. The molecule has 144 valence electrons. The molecule has 1 heterocycles. The maximum Gasteiger partial charge on any atom is 0.280 e. The van der Waals surface area contributed by atoms with E-state index in [0.717, 1.165) is 38.1 Å². The highest BCUT2D eigenvalue weighted by Gasteiger charge is 2.21. The van der Waals surface area contributed by atoms with Crippen molar-refractivity contribution in [1.29, 1.82) is 0 Å². The summed E-state index contributed by atoms with van der Waals surface area (Å²) in [6.07, 6.45) is 5.87. The van der Waals surface area contributed by atoms with Gasteiger partial charge >= 0.3 is 0 Å². The molecule has 1 fully saturated rings. The van der Waals surface area contributed by atoms with Gasteiger partial charge in [-0.15, -0.1) is 0 Å². The lowest BCUT2D eigenvalue weighted by Crippen LogP contribution is -2.25. The van der Waals surface area contributed by atoms with Crippen LogP contribution in [0.5, 0.6) is 0 Å². The molecule has 1 aromatic heterocycles. The average molecular weight is 411 g/mol. The summed E-state index contributed by atoms with van der Waals surface area (Å²) in [6.45, 7) is 0. The third-order valence-corrected chi connectivity index (χ3v) is 5.89. The van der Waals surface area contributed by atoms with Gasteiger partial charge in [-0.2, -0.15) is 4.39 Å². The number of oxime groups is 1. The number of aromatic nitrogens is 1. The number of carbonyl (C=O) groups excluding carboxylic acids is 1. The van der Waals surface area contributed by atoms with Gasteiger partial charge in [0.05, 0.1) is 11.1 Å². The Hall–Kier alpha value is -2.33. The van der Waals surface area contributed by atoms with Crippen molar-refractivity contribution in [3.63, 3.8) is 0 Å². The fraction of sp³-hybridized carbons (Fsp3) is 0.353. The molecule has 0 unspecified atom stereocenters. The zero-order valence-electron chi connectivity index (χ0n) is 14.5. The predicted molar refractivity (Wildman–Crippen MR) is 100 cm³/mol. The molecule has 1 amide bonds. The highest BCUT2D eigenvalue weighted by atomic mass is 32.2. The Balaban J connectivity index is 1.86. The number of rotatable bonds is 6. The summed E-state index contributed by atoms with van der Waals surface area (Å²) in [6, 6.07) is 5.75. The minimum absolute atomic E-state index is 0.0300. The monoisotopic (exact) mass is 411 g/mol. The summed E-state index contributed by atoms with van der Waals surface area (Å²) in [5.41, 5.74) is 0.354. The van der Waals surface area contributed by atoms with Gasteiger partial charge in [0.2, 0.25) is 0 Å². The lowest BCUT2D eigenvalue weighted by Gasteiger charge is -2.10. The highest BCUT2D eigenvalue weighted by Crippen LogP contribution is 2.22. The van der Waals surface area contributed by atoms with E-state index in [1.807, 2.05) is 0 Å². The van der Waals surface area contributed by atoms with Gasteiger partial charge in [-0.05, 0) is 37.8 Å². The number of carbonyl (C=O) groups is 1. The quantitative estimate of drug-likeness (QED) is 0.582. The Bertz CT molecular complexity index is 949. The van der Waals surface area contributed by atoms with Crippen LogP contribution < -0.4 is 5.32 Å². The van der Waals surface area contributed by atoms with Gasteiger partial charge in [0.1, 0.15) is 6.10 Å². The Morgan fingerprint density at radius 2 is 1.96 bits per heavy atom. The third kappa shape index (κ3) is 5.10. The maximum atomic E-state index is 13.1. The number of halogens is 1. The number of hydrogen-bond acceptors (Lipinski definition) is 7. The van der Waals surface area contributed by atoms with Gasteiger partial charge in [-0.1, -0.05) is 28.6 Å². The highest BCUT2D eigenvalue weighted by molar-refractivity contribution is 7.90. The molecule has 0 saturated heterocycles. The average Bonchev–Trinajstić information content (AvgIpc) is 3.26. The Labute approximate surface area is 160 Å². The van der Waals surface area contributed by atoms with E-state index in [-0.39, 0.29) is 21.8 Å². The van der Waals surface area contributed by atoms with E-state index in [9.17, 15) is 17.6 Å². The van der Waals surface area contributed by atoms with E-state index in [1.165, 1.54) is 24.3 Å². The molecule has 1 N–H and O–H groups in total. The second-order valence-corrected chi connectivity index (χ2v) is 9.17. The molecule has 0 radical (unpaired) electrons. The van der Waals surface area contributed by atoms with Crippen molar-refractivity contribution in [2.75, 3.05) is 11.6 Å². The molecule has 0 bridgehead atoms. The van der Waals surface area contributed by atoms with Gasteiger partial charge in [0.15, 0.2) is 25.8 Å². The standard InChI is InChI=1S/C17H18FN3O4S2/c1-27(23,24)13-8-6-11(7-9-13)15(21-25-12-4-2-3-5-12)16(22)20-17-19-10-14(18)26-17/h6-10,12H,2-5H2,1H3,(H,19,20,22). The summed E-state index contributed by atoms with van der Waals surface area (Å²) in [4.78, 5) is 22.0. The molecule has 0 spiro atoms. The van der Waals surface area contributed by atoms with Crippen LogP contribution in [0.25, 0.3) is 0 Å². The molecule has 1 saturated carbocycles. The van der Waals surface area contributed by atoms with Crippen molar-refractivity contribution in [1.82, 2.24) is 4.98 Å². The molecule has 1 aromatic carbocycles. The van der Waals surface area contributed by atoms with E-state index >= 15 is 0 Å². The van der Waals surface area contributed by atoms with Crippen molar-refractivity contribution in [2.45, 2.75) is 36.7 Å². The number of sulfone groups is 1.